The van der Waals surface area contributed by atoms with E-state index in [0.29, 0.717) is 0 Å². The van der Waals surface area contributed by atoms with Crippen LogP contribution in [0.15, 0.2) is 174 Å². The molecule has 11 rings (SSSR count). The van der Waals surface area contributed by atoms with Gasteiger partial charge in [-0.3, -0.25) is 0 Å². The average molecular weight is 690 g/mol. The van der Waals surface area contributed by atoms with Gasteiger partial charge in [-0.25, -0.2) is 0 Å². The molecule has 0 atom stereocenters. The second-order valence-electron chi connectivity index (χ2n) is 12.7. The molecular formula is C51H34O. The van der Waals surface area contributed by atoms with Crippen LogP contribution in [-0.2, 0) is 5.41 Å². The summed E-state index contributed by atoms with van der Waals surface area (Å²) in [5, 5.41) is -4.74. The number of rotatable bonds is 3. The Morgan fingerprint density at radius 1 is 0.442 bits per heavy atom. The highest BCUT2D eigenvalue weighted by Crippen LogP contribution is 2.51. The van der Waals surface area contributed by atoms with Gasteiger partial charge in [0.2, 0.25) is 0 Å². The molecule has 1 aromatic heterocycles. The zero-order valence-corrected chi connectivity index (χ0v) is 27.0. The van der Waals surface area contributed by atoms with Gasteiger partial charge < -0.3 is 4.42 Å². The van der Waals surface area contributed by atoms with Crippen molar-refractivity contribution in [2.75, 3.05) is 0 Å². The third kappa shape index (κ3) is 4.05. The molecule has 9 aromatic carbocycles. The number of fused-ring (bicyclic) bond motifs is 10. The fourth-order valence-corrected chi connectivity index (χ4v) is 7.26. The molecule has 244 valence electrons. The number of hydrogen-bond acceptors (Lipinski definition) is 1. The van der Waals surface area contributed by atoms with Crippen LogP contribution >= 0.6 is 0 Å². The van der Waals surface area contributed by atoms with Crippen molar-refractivity contribution in [3.05, 3.63) is 180 Å². The summed E-state index contributed by atoms with van der Waals surface area (Å²) in [5.41, 5.74) is -6.14. The van der Waals surface area contributed by atoms with Crippen molar-refractivity contribution in [1.82, 2.24) is 0 Å². The van der Waals surface area contributed by atoms with E-state index >= 15 is 0 Å². The normalized spacial score (nSPS) is 20.6. The second kappa shape index (κ2) is 10.8. The van der Waals surface area contributed by atoms with Crippen molar-refractivity contribution in [3.63, 3.8) is 0 Å². The molecule has 1 heterocycles. The Bertz CT molecular complexity index is 4570. The molecule has 1 nitrogen and oxygen atoms in total. The zero-order chi connectivity index (χ0) is 58.0. The lowest BCUT2D eigenvalue weighted by Gasteiger charge is -2.22. The predicted molar refractivity (Wildman–Crippen MR) is 220 cm³/mol. The molecule has 0 saturated heterocycles. The van der Waals surface area contributed by atoms with Crippen molar-refractivity contribution in [1.29, 1.82) is 0 Å². The van der Waals surface area contributed by atoms with Gasteiger partial charge >= 0.3 is 0 Å². The Kier molecular flexibility index (Phi) is 2.75. The van der Waals surface area contributed by atoms with Crippen molar-refractivity contribution >= 4 is 54.3 Å². The minimum Gasteiger partial charge on any atom is -0.455 e. The van der Waals surface area contributed by atoms with Gasteiger partial charge in [0.25, 0.3) is 0 Å². The van der Waals surface area contributed by atoms with Crippen LogP contribution in [0.4, 0.5) is 0 Å². The first-order valence-electron chi connectivity index (χ1n) is 29.5. The monoisotopic (exact) mass is 689 g/mol. The van der Waals surface area contributed by atoms with E-state index in [1.807, 2.05) is 0 Å². The standard InChI is InChI=1S/C51H34O/c1-51(2)44-23-10-9-17-36(44)37-27-26-33(30-45(37)51)32-14-11-15-34(29-32)47-38-18-5-7-20-40(38)48(41-21-8-6-19-39(41)47)42-22-12-24-46-49(42)43-28-25-31-13-3-4-16-35(31)50(43)52-46/h3-30H,1-2H3/i3D,4D,5D,6D,7D,8D,9D,10D,11D,12D,13D,14D,15D,16D,17D,18D,19D,20D,21D,22D,23D,24D,25D,26D,27D,28D,29D. The third-order valence-corrected chi connectivity index (χ3v) is 9.63. The predicted octanol–water partition coefficient (Wildman–Crippen LogP) is 14.4. The van der Waals surface area contributed by atoms with E-state index in [1.165, 1.54) is 6.07 Å². The summed E-state index contributed by atoms with van der Waals surface area (Å²) >= 11 is 0. The van der Waals surface area contributed by atoms with Gasteiger partial charge in [0, 0.05) is 21.6 Å². The van der Waals surface area contributed by atoms with Crippen LogP contribution in [0.25, 0.3) is 98.8 Å². The highest BCUT2D eigenvalue weighted by atomic mass is 16.3. The third-order valence-electron chi connectivity index (χ3n) is 9.63. The van der Waals surface area contributed by atoms with Crippen LogP contribution < -0.4 is 0 Å². The van der Waals surface area contributed by atoms with Gasteiger partial charge in [0.1, 0.15) is 11.2 Å². The quantitative estimate of drug-likeness (QED) is 0.168. The van der Waals surface area contributed by atoms with E-state index in [1.54, 1.807) is 13.8 Å². The Morgan fingerprint density at radius 3 is 1.85 bits per heavy atom. The van der Waals surface area contributed by atoms with E-state index in [0.717, 1.165) is 0 Å². The lowest BCUT2D eigenvalue weighted by Crippen LogP contribution is -2.14. The van der Waals surface area contributed by atoms with Crippen molar-refractivity contribution in [3.8, 4) is 44.5 Å². The fraction of sp³-hybridized carbons (Fsp3) is 0.0588. The number of hydrogen-bond donors (Lipinski definition) is 0. The molecule has 0 N–H and O–H groups in total. The molecule has 0 spiro atoms. The molecule has 0 saturated carbocycles. The van der Waals surface area contributed by atoms with Crippen LogP contribution in [0.3, 0.4) is 0 Å². The van der Waals surface area contributed by atoms with Gasteiger partial charge in [-0.1, -0.05) is 159 Å². The van der Waals surface area contributed by atoms with E-state index < -0.39 is 251 Å². The summed E-state index contributed by atoms with van der Waals surface area (Å²) in [4.78, 5) is 0. The highest BCUT2D eigenvalue weighted by molar-refractivity contribution is 6.27. The molecule has 10 aromatic rings. The second-order valence-corrected chi connectivity index (χ2v) is 12.7. The summed E-state index contributed by atoms with van der Waals surface area (Å²) in [5.74, 6) is 0. The summed E-state index contributed by atoms with van der Waals surface area (Å²) < 4.78 is 253. The van der Waals surface area contributed by atoms with Crippen molar-refractivity contribution in [2.24, 2.45) is 0 Å². The molecule has 0 bridgehead atoms. The van der Waals surface area contributed by atoms with Gasteiger partial charge in [0.05, 0.1) is 37.0 Å². The maximum absolute atomic E-state index is 10.0. The Labute approximate surface area is 340 Å². The van der Waals surface area contributed by atoms with Crippen LogP contribution in [0.5, 0.6) is 0 Å². The van der Waals surface area contributed by atoms with E-state index in [9.17, 15) is 16.4 Å². The SMILES string of the molecule is [2H]c1c(-c2c([2H])c([2H])c([2H])c(-c3c4c([2H])c([2H])c([2H])c([2H])c4c(-c4c([2H])c([2H])c([2H])c5oc6c7c([2H])c([2H])c([2H])c([2H])c7c([2H])c([2H])c6c45)c4c([2H])c([2H])c([2H])c([2H])c34)c2[2H])cc2c(c1[2H])-c1c([2H])c([2H])c([2H])c([2H])c1C2(C)C. The maximum atomic E-state index is 10.0. The first-order valence-corrected chi connectivity index (χ1v) is 16.0. The summed E-state index contributed by atoms with van der Waals surface area (Å²) in [6, 6.07) is -21.0. The van der Waals surface area contributed by atoms with E-state index in [4.69, 9.17) is 25.0 Å². The minimum atomic E-state index is -1.33. The molecular weight excluding hydrogens is 629 g/mol. The van der Waals surface area contributed by atoms with Crippen LogP contribution in [0.1, 0.15) is 62.0 Å². The largest absolute Gasteiger partial charge is 0.455 e. The molecule has 52 heavy (non-hydrogen) atoms. The minimum absolute atomic E-state index is 0.0431. The lowest BCUT2D eigenvalue weighted by molar-refractivity contribution is 0.660. The van der Waals surface area contributed by atoms with E-state index in [-0.39, 0.29) is 27.8 Å². The first-order chi connectivity index (χ1) is 36.8. The summed E-state index contributed by atoms with van der Waals surface area (Å²) in [6.07, 6.45) is 0. The molecule has 0 fully saturated rings. The van der Waals surface area contributed by atoms with Gasteiger partial charge in [-0.15, -0.1) is 0 Å². The molecule has 0 aliphatic heterocycles. The van der Waals surface area contributed by atoms with E-state index in [2.05, 4.69) is 0 Å². The van der Waals surface area contributed by atoms with Crippen LogP contribution in [0.2, 0.25) is 0 Å². The van der Waals surface area contributed by atoms with Gasteiger partial charge in [0.15, 0.2) is 0 Å². The molecule has 0 unspecified atom stereocenters. The summed E-state index contributed by atoms with van der Waals surface area (Å²) in [7, 11) is 0. The molecule has 0 radical (unpaired) electrons. The van der Waals surface area contributed by atoms with Gasteiger partial charge in [-0.05, 0) is 107 Å². The molecule has 1 aliphatic rings. The molecule has 0 amide bonds. The zero-order valence-electron chi connectivity index (χ0n) is 54.0. The highest BCUT2D eigenvalue weighted by Gasteiger charge is 2.35. The molecule has 1 aliphatic carbocycles. The molecule has 1 heteroatoms. The van der Waals surface area contributed by atoms with Crippen molar-refractivity contribution < 1.29 is 41.4 Å². The first kappa shape index (κ1) is 13.3. The number of benzene rings is 9. The Morgan fingerprint density at radius 2 is 1.06 bits per heavy atom. The average Bonchev–Trinajstić information content (AvgIpc) is 3.88. The van der Waals surface area contributed by atoms with Crippen LogP contribution in [-0.4, -0.2) is 0 Å². The summed E-state index contributed by atoms with van der Waals surface area (Å²) in [6.45, 7) is 3.21. The smallest absolute Gasteiger partial charge is 0.143 e. The Balaban J connectivity index is 1.38. The number of furan rings is 1. The van der Waals surface area contributed by atoms with Gasteiger partial charge in [-0.2, -0.15) is 0 Å². The Hall–Kier alpha value is -6.44. The maximum Gasteiger partial charge on any atom is 0.143 e. The topological polar surface area (TPSA) is 13.1 Å². The van der Waals surface area contributed by atoms with Crippen molar-refractivity contribution in [2.45, 2.75) is 19.3 Å². The fourth-order valence-electron chi connectivity index (χ4n) is 7.26. The van der Waals surface area contributed by atoms with Crippen LogP contribution in [0, 0.1) is 0 Å². The lowest BCUT2D eigenvalue weighted by atomic mass is 9.81.